The Hall–Kier alpha value is -0.500. The standard InChI is InChI=1S/C15H13BrCl2/c1-9-4-3-5-12(10(9)2)15(16)13-8-11(17)6-7-14(13)18/h3-8,15H,1-2H3. The van der Waals surface area contributed by atoms with Gasteiger partial charge in [0.1, 0.15) is 0 Å². The van der Waals surface area contributed by atoms with Gasteiger partial charge in [-0.15, -0.1) is 0 Å². The summed E-state index contributed by atoms with van der Waals surface area (Å²) < 4.78 is 0. The molecule has 0 saturated carbocycles. The van der Waals surface area contributed by atoms with Gasteiger partial charge in [0.05, 0.1) is 4.83 Å². The molecule has 94 valence electrons. The molecule has 2 aromatic carbocycles. The minimum Gasteiger partial charge on any atom is -0.0843 e. The lowest BCUT2D eigenvalue weighted by Crippen LogP contribution is -1.98. The summed E-state index contributed by atoms with van der Waals surface area (Å²) in [4.78, 5) is 0.0589. The molecule has 0 saturated heterocycles. The average molecular weight is 344 g/mol. The molecular weight excluding hydrogens is 331 g/mol. The maximum absolute atomic E-state index is 6.24. The second-order valence-corrected chi connectivity index (χ2v) is 6.08. The summed E-state index contributed by atoms with van der Waals surface area (Å²) in [6.07, 6.45) is 0. The Kier molecular flexibility index (Phi) is 4.37. The van der Waals surface area contributed by atoms with Gasteiger partial charge in [-0.05, 0) is 54.3 Å². The predicted octanol–water partition coefficient (Wildman–Crippen LogP) is 6.09. The maximum Gasteiger partial charge on any atom is 0.0662 e. The van der Waals surface area contributed by atoms with Crippen LogP contribution in [0.1, 0.15) is 27.1 Å². The molecule has 0 aromatic heterocycles. The Morgan fingerprint density at radius 3 is 2.44 bits per heavy atom. The molecule has 18 heavy (non-hydrogen) atoms. The van der Waals surface area contributed by atoms with Crippen molar-refractivity contribution >= 4 is 39.1 Å². The first-order valence-electron chi connectivity index (χ1n) is 5.66. The number of halogens is 3. The molecule has 0 spiro atoms. The van der Waals surface area contributed by atoms with Gasteiger partial charge in [0.2, 0.25) is 0 Å². The Balaban J connectivity index is 2.51. The smallest absolute Gasteiger partial charge is 0.0662 e. The van der Waals surface area contributed by atoms with E-state index in [-0.39, 0.29) is 4.83 Å². The van der Waals surface area contributed by atoms with Gasteiger partial charge in [-0.2, -0.15) is 0 Å². The number of alkyl halides is 1. The van der Waals surface area contributed by atoms with Gasteiger partial charge in [-0.25, -0.2) is 0 Å². The number of rotatable bonds is 2. The lowest BCUT2D eigenvalue weighted by molar-refractivity contribution is 1.13. The van der Waals surface area contributed by atoms with Crippen LogP contribution in [0.4, 0.5) is 0 Å². The van der Waals surface area contributed by atoms with Crippen molar-refractivity contribution in [2.24, 2.45) is 0 Å². The fourth-order valence-electron chi connectivity index (χ4n) is 1.92. The van der Waals surface area contributed by atoms with Crippen LogP contribution in [0.5, 0.6) is 0 Å². The normalized spacial score (nSPS) is 12.5. The second kappa shape index (κ2) is 5.64. The molecular formula is C15H13BrCl2. The monoisotopic (exact) mass is 342 g/mol. The first-order valence-corrected chi connectivity index (χ1v) is 7.33. The van der Waals surface area contributed by atoms with Crippen LogP contribution in [-0.2, 0) is 0 Å². The number of aryl methyl sites for hydroxylation is 1. The van der Waals surface area contributed by atoms with Crippen LogP contribution < -0.4 is 0 Å². The zero-order chi connectivity index (χ0) is 13.3. The molecule has 0 amide bonds. The van der Waals surface area contributed by atoms with Gasteiger partial charge in [-0.3, -0.25) is 0 Å². The summed E-state index contributed by atoms with van der Waals surface area (Å²) in [6, 6.07) is 11.8. The van der Waals surface area contributed by atoms with Gasteiger partial charge < -0.3 is 0 Å². The van der Waals surface area contributed by atoms with Gasteiger partial charge >= 0.3 is 0 Å². The number of benzene rings is 2. The summed E-state index contributed by atoms with van der Waals surface area (Å²) in [6.45, 7) is 4.23. The Labute approximate surface area is 126 Å². The second-order valence-electron chi connectivity index (χ2n) is 4.32. The number of hydrogen-bond donors (Lipinski definition) is 0. The van der Waals surface area contributed by atoms with Crippen molar-refractivity contribution in [2.45, 2.75) is 18.7 Å². The minimum atomic E-state index is 0.0589. The van der Waals surface area contributed by atoms with Crippen molar-refractivity contribution in [1.82, 2.24) is 0 Å². The van der Waals surface area contributed by atoms with Crippen molar-refractivity contribution in [3.8, 4) is 0 Å². The Morgan fingerprint density at radius 2 is 1.72 bits per heavy atom. The summed E-state index contributed by atoms with van der Waals surface area (Å²) in [5.74, 6) is 0. The van der Waals surface area contributed by atoms with Crippen molar-refractivity contribution in [1.29, 1.82) is 0 Å². The van der Waals surface area contributed by atoms with Gasteiger partial charge in [0.25, 0.3) is 0 Å². The highest BCUT2D eigenvalue weighted by molar-refractivity contribution is 9.09. The van der Waals surface area contributed by atoms with E-state index in [9.17, 15) is 0 Å². The van der Waals surface area contributed by atoms with Crippen molar-refractivity contribution < 1.29 is 0 Å². The number of hydrogen-bond acceptors (Lipinski definition) is 0. The van der Waals surface area contributed by atoms with E-state index in [0.717, 1.165) is 10.6 Å². The van der Waals surface area contributed by atoms with Gasteiger partial charge in [0, 0.05) is 10.0 Å². The van der Waals surface area contributed by atoms with E-state index in [1.807, 2.05) is 12.1 Å². The molecule has 2 aromatic rings. The highest BCUT2D eigenvalue weighted by Gasteiger charge is 2.16. The van der Waals surface area contributed by atoms with Crippen LogP contribution >= 0.6 is 39.1 Å². The molecule has 2 rings (SSSR count). The van der Waals surface area contributed by atoms with E-state index in [2.05, 4.69) is 48.0 Å². The average Bonchev–Trinajstić information content (AvgIpc) is 2.35. The fraction of sp³-hybridized carbons (Fsp3) is 0.200. The lowest BCUT2D eigenvalue weighted by Gasteiger charge is -2.16. The van der Waals surface area contributed by atoms with E-state index < -0.39 is 0 Å². The zero-order valence-electron chi connectivity index (χ0n) is 10.2. The van der Waals surface area contributed by atoms with E-state index in [4.69, 9.17) is 23.2 Å². The quantitative estimate of drug-likeness (QED) is 0.578. The predicted molar refractivity (Wildman–Crippen MR) is 83.1 cm³/mol. The summed E-state index contributed by atoms with van der Waals surface area (Å²) >= 11 is 16.0. The third-order valence-corrected chi connectivity index (χ3v) is 4.72. The largest absolute Gasteiger partial charge is 0.0843 e. The highest BCUT2D eigenvalue weighted by atomic mass is 79.9. The molecule has 3 heteroatoms. The van der Waals surface area contributed by atoms with Crippen LogP contribution in [0.3, 0.4) is 0 Å². The first-order chi connectivity index (χ1) is 8.50. The molecule has 0 aliphatic carbocycles. The van der Waals surface area contributed by atoms with Crippen LogP contribution in [0.25, 0.3) is 0 Å². The Bertz CT molecular complexity index is 577. The topological polar surface area (TPSA) is 0 Å². The Morgan fingerprint density at radius 1 is 1.00 bits per heavy atom. The molecule has 0 N–H and O–H groups in total. The highest BCUT2D eigenvalue weighted by Crippen LogP contribution is 2.38. The third-order valence-electron chi connectivity index (χ3n) is 3.15. The molecule has 0 radical (unpaired) electrons. The van der Waals surface area contributed by atoms with Crippen molar-refractivity contribution in [2.75, 3.05) is 0 Å². The van der Waals surface area contributed by atoms with Crippen LogP contribution in [-0.4, -0.2) is 0 Å². The van der Waals surface area contributed by atoms with Crippen LogP contribution in [0.2, 0.25) is 10.0 Å². The summed E-state index contributed by atoms with van der Waals surface area (Å²) in [7, 11) is 0. The van der Waals surface area contributed by atoms with Gasteiger partial charge in [-0.1, -0.05) is 57.3 Å². The van der Waals surface area contributed by atoms with E-state index in [0.29, 0.717) is 5.02 Å². The molecule has 0 bridgehead atoms. The molecule has 0 nitrogen and oxygen atoms in total. The van der Waals surface area contributed by atoms with Crippen LogP contribution in [0.15, 0.2) is 36.4 Å². The molecule has 0 fully saturated rings. The van der Waals surface area contributed by atoms with Crippen molar-refractivity contribution in [3.05, 3.63) is 68.7 Å². The zero-order valence-corrected chi connectivity index (χ0v) is 13.3. The van der Waals surface area contributed by atoms with E-state index in [1.165, 1.54) is 16.7 Å². The first kappa shape index (κ1) is 13.9. The lowest BCUT2D eigenvalue weighted by atomic mass is 9.97. The van der Waals surface area contributed by atoms with Gasteiger partial charge in [0.15, 0.2) is 0 Å². The van der Waals surface area contributed by atoms with Crippen LogP contribution in [0, 0.1) is 13.8 Å². The maximum atomic E-state index is 6.24. The molecule has 1 unspecified atom stereocenters. The SMILES string of the molecule is Cc1cccc(C(Br)c2cc(Cl)ccc2Cl)c1C. The molecule has 0 aliphatic heterocycles. The molecule has 0 heterocycles. The fourth-order valence-corrected chi connectivity index (χ4v) is 3.34. The third kappa shape index (κ3) is 2.74. The van der Waals surface area contributed by atoms with E-state index in [1.54, 1.807) is 6.07 Å². The summed E-state index contributed by atoms with van der Waals surface area (Å²) in [5.41, 5.74) is 4.77. The van der Waals surface area contributed by atoms with E-state index >= 15 is 0 Å². The molecule has 1 atom stereocenters. The van der Waals surface area contributed by atoms with Crippen molar-refractivity contribution in [3.63, 3.8) is 0 Å². The summed E-state index contributed by atoms with van der Waals surface area (Å²) in [5, 5.41) is 1.42. The minimum absolute atomic E-state index is 0.0589. The molecule has 0 aliphatic rings.